The second-order valence-electron chi connectivity index (χ2n) is 5.95. The average molecular weight is 301 g/mol. The molecule has 0 saturated carbocycles. The van der Waals surface area contributed by atoms with Crippen LogP contribution in [0.5, 0.6) is 0 Å². The lowest BCUT2D eigenvalue weighted by molar-refractivity contribution is -0.139. The third kappa shape index (κ3) is 12.5. The standard InChI is InChI=1S/C15H31N3O3/c1-11(2)16-8-6-5-7-14(15(20)21)18-10-13(19)9-17-12(3)4/h11-12,14,16-18H,5-10H2,1-4H3,(H,20,21). The van der Waals surface area contributed by atoms with Crippen molar-refractivity contribution in [3.8, 4) is 0 Å². The number of carboxylic acid groups (broad SMARTS) is 1. The van der Waals surface area contributed by atoms with Crippen molar-refractivity contribution in [2.24, 2.45) is 0 Å². The smallest absolute Gasteiger partial charge is 0.320 e. The normalized spacial score (nSPS) is 12.9. The molecule has 1 unspecified atom stereocenters. The molecule has 0 amide bonds. The van der Waals surface area contributed by atoms with Crippen LogP contribution in [-0.2, 0) is 9.59 Å². The topological polar surface area (TPSA) is 90.5 Å². The highest BCUT2D eigenvalue weighted by Crippen LogP contribution is 2.01. The fourth-order valence-electron chi connectivity index (χ4n) is 1.79. The molecule has 0 spiro atoms. The van der Waals surface area contributed by atoms with Gasteiger partial charge in [0, 0.05) is 12.1 Å². The summed E-state index contributed by atoms with van der Waals surface area (Å²) in [4.78, 5) is 22.7. The summed E-state index contributed by atoms with van der Waals surface area (Å²) in [5, 5.41) is 18.3. The van der Waals surface area contributed by atoms with Crippen LogP contribution >= 0.6 is 0 Å². The van der Waals surface area contributed by atoms with Crippen LogP contribution in [0.25, 0.3) is 0 Å². The SMILES string of the molecule is CC(C)NCCCCC(NCC(=O)CNC(C)C)C(=O)O. The van der Waals surface area contributed by atoms with Crippen LogP contribution in [0.4, 0.5) is 0 Å². The molecule has 0 heterocycles. The molecule has 0 bridgehead atoms. The molecule has 0 rings (SSSR count). The molecule has 124 valence electrons. The van der Waals surface area contributed by atoms with Crippen LogP contribution in [0.1, 0.15) is 47.0 Å². The summed E-state index contributed by atoms with van der Waals surface area (Å²) in [5.41, 5.74) is 0. The van der Waals surface area contributed by atoms with Gasteiger partial charge in [0.15, 0.2) is 5.78 Å². The summed E-state index contributed by atoms with van der Waals surface area (Å²) < 4.78 is 0. The second-order valence-corrected chi connectivity index (χ2v) is 5.95. The first-order chi connectivity index (χ1) is 9.82. The van der Waals surface area contributed by atoms with Gasteiger partial charge < -0.3 is 15.7 Å². The van der Waals surface area contributed by atoms with Gasteiger partial charge in [0.25, 0.3) is 0 Å². The Morgan fingerprint density at radius 1 is 0.905 bits per heavy atom. The zero-order valence-electron chi connectivity index (χ0n) is 13.7. The maximum absolute atomic E-state index is 11.6. The number of unbranched alkanes of at least 4 members (excludes halogenated alkanes) is 1. The highest BCUT2D eigenvalue weighted by atomic mass is 16.4. The van der Waals surface area contributed by atoms with Gasteiger partial charge in [-0.2, -0.15) is 0 Å². The number of Topliss-reactive ketones (excluding diaryl/α,β-unsaturated/α-hetero) is 1. The van der Waals surface area contributed by atoms with Crippen molar-refractivity contribution in [3.63, 3.8) is 0 Å². The monoisotopic (exact) mass is 301 g/mol. The summed E-state index contributed by atoms with van der Waals surface area (Å²) in [6.45, 7) is 9.35. The van der Waals surface area contributed by atoms with E-state index in [2.05, 4.69) is 29.8 Å². The summed E-state index contributed by atoms with van der Waals surface area (Å²) in [7, 11) is 0. The van der Waals surface area contributed by atoms with Crippen LogP contribution in [0.15, 0.2) is 0 Å². The van der Waals surface area contributed by atoms with Crippen LogP contribution < -0.4 is 16.0 Å². The van der Waals surface area contributed by atoms with Crippen molar-refractivity contribution in [1.29, 1.82) is 0 Å². The fraction of sp³-hybridized carbons (Fsp3) is 0.867. The summed E-state index contributed by atoms with van der Waals surface area (Å²) in [5.74, 6) is -0.909. The van der Waals surface area contributed by atoms with Crippen molar-refractivity contribution < 1.29 is 14.7 Å². The number of ketones is 1. The van der Waals surface area contributed by atoms with Crippen molar-refractivity contribution in [2.45, 2.75) is 65.1 Å². The van der Waals surface area contributed by atoms with E-state index in [9.17, 15) is 9.59 Å². The van der Waals surface area contributed by atoms with Gasteiger partial charge in [-0.25, -0.2) is 0 Å². The number of carbonyl (C=O) groups is 2. The molecular formula is C15H31N3O3. The lowest BCUT2D eigenvalue weighted by Gasteiger charge is -2.15. The molecule has 0 aromatic heterocycles. The molecule has 21 heavy (non-hydrogen) atoms. The Morgan fingerprint density at radius 2 is 1.48 bits per heavy atom. The van der Waals surface area contributed by atoms with Crippen LogP contribution in [0.2, 0.25) is 0 Å². The molecule has 1 atom stereocenters. The molecule has 0 radical (unpaired) electrons. The minimum Gasteiger partial charge on any atom is -0.480 e. The molecule has 0 fully saturated rings. The second kappa shape index (κ2) is 11.7. The lowest BCUT2D eigenvalue weighted by atomic mass is 10.1. The van der Waals surface area contributed by atoms with Crippen LogP contribution in [0.3, 0.4) is 0 Å². The number of carboxylic acids is 1. The maximum atomic E-state index is 11.6. The molecule has 6 heteroatoms. The molecule has 0 aliphatic rings. The summed E-state index contributed by atoms with van der Waals surface area (Å²) >= 11 is 0. The third-order valence-electron chi connectivity index (χ3n) is 3.02. The Hall–Kier alpha value is -0.980. The zero-order chi connectivity index (χ0) is 16.3. The largest absolute Gasteiger partial charge is 0.480 e. The molecule has 6 nitrogen and oxygen atoms in total. The van der Waals surface area contributed by atoms with Gasteiger partial charge in [-0.05, 0) is 19.4 Å². The van der Waals surface area contributed by atoms with E-state index in [-0.39, 0.29) is 24.9 Å². The van der Waals surface area contributed by atoms with E-state index in [1.165, 1.54) is 0 Å². The van der Waals surface area contributed by atoms with Gasteiger partial charge in [-0.1, -0.05) is 34.1 Å². The van der Waals surface area contributed by atoms with Crippen molar-refractivity contribution in [1.82, 2.24) is 16.0 Å². The van der Waals surface area contributed by atoms with Gasteiger partial charge >= 0.3 is 5.97 Å². The first kappa shape index (κ1) is 20.0. The minimum absolute atomic E-state index is 0.0172. The van der Waals surface area contributed by atoms with E-state index in [4.69, 9.17) is 5.11 Å². The van der Waals surface area contributed by atoms with E-state index >= 15 is 0 Å². The van der Waals surface area contributed by atoms with Crippen molar-refractivity contribution in [2.75, 3.05) is 19.6 Å². The highest BCUT2D eigenvalue weighted by Gasteiger charge is 2.17. The molecule has 0 aliphatic heterocycles. The number of rotatable bonds is 13. The first-order valence-electron chi connectivity index (χ1n) is 7.77. The van der Waals surface area contributed by atoms with Crippen molar-refractivity contribution in [3.05, 3.63) is 0 Å². The molecule has 4 N–H and O–H groups in total. The van der Waals surface area contributed by atoms with E-state index in [0.717, 1.165) is 19.4 Å². The van der Waals surface area contributed by atoms with Crippen molar-refractivity contribution >= 4 is 11.8 Å². The number of hydrogen-bond acceptors (Lipinski definition) is 5. The Labute approximate surface area is 128 Å². The maximum Gasteiger partial charge on any atom is 0.320 e. The van der Waals surface area contributed by atoms with Crippen LogP contribution in [-0.4, -0.2) is 54.6 Å². The molecule has 0 saturated heterocycles. The fourth-order valence-corrected chi connectivity index (χ4v) is 1.79. The average Bonchev–Trinajstić information content (AvgIpc) is 2.38. The Kier molecular flexibility index (Phi) is 11.1. The number of aliphatic carboxylic acids is 1. The zero-order valence-corrected chi connectivity index (χ0v) is 13.7. The number of carbonyl (C=O) groups excluding carboxylic acids is 1. The van der Waals surface area contributed by atoms with E-state index < -0.39 is 12.0 Å². The van der Waals surface area contributed by atoms with Gasteiger partial charge in [0.1, 0.15) is 6.04 Å². The summed E-state index contributed by atoms with van der Waals surface area (Å²) in [6.07, 6.45) is 2.30. The number of nitrogens with one attached hydrogen (secondary N) is 3. The van der Waals surface area contributed by atoms with E-state index in [0.29, 0.717) is 12.5 Å². The Bertz CT molecular complexity index is 307. The molecule has 0 aromatic rings. The highest BCUT2D eigenvalue weighted by molar-refractivity contribution is 5.83. The predicted octanol–water partition coefficient (Wildman–Crippen LogP) is 0.765. The van der Waals surface area contributed by atoms with Gasteiger partial charge in [-0.3, -0.25) is 14.9 Å². The summed E-state index contributed by atoms with van der Waals surface area (Å²) in [6, 6.07) is 0.0502. The van der Waals surface area contributed by atoms with Crippen LogP contribution in [0, 0.1) is 0 Å². The first-order valence-corrected chi connectivity index (χ1v) is 7.77. The Morgan fingerprint density at radius 3 is 2.00 bits per heavy atom. The minimum atomic E-state index is -0.892. The third-order valence-corrected chi connectivity index (χ3v) is 3.02. The van der Waals surface area contributed by atoms with Gasteiger partial charge in [-0.15, -0.1) is 0 Å². The number of hydrogen-bond donors (Lipinski definition) is 4. The quantitative estimate of drug-likeness (QED) is 0.376. The molecular weight excluding hydrogens is 270 g/mol. The van der Waals surface area contributed by atoms with Gasteiger partial charge in [0.2, 0.25) is 0 Å². The van der Waals surface area contributed by atoms with E-state index in [1.807, 2.05) is 13.8 Å². The van der Waals surface area contributed by atoms with E-state index in [1.54, 1.807) is 0 Å². The predicted molar refractivity (Wildman–Crippen MR) is 84.6 cm³/mol. The Balaban J connectivity index is 3.86. The van der Waals surface area contributed by atoms with Gasteiger partial charge in [0.05, 0.1) is 13.1 Å². The molecule has 0 aliphatic carbocycles. The molecule has 0 aromatic carbocycles. The lowest BCUT2D eigenvalue weighted by Crippen LogP contribution is -2.42.